The molecule has 13 heavy (non-hydrogen) atoms. The predicted octanol–water partition coefficient (Wildman–Crippen LogP) is 3.43. The molecule has 1 unspecified atom stereocenters. The first kappa shape index (κ1) is 8.89. The van der Waals surface area contributed by atoms with Crippen molar-refractivity contribution >= 4 is 11.6 Å². The highest BCUT2D eigenvalue weighted by Gasteiger charge is 2.63. The monoisotopic (exact) mass is 196 g/mol. The molecule has 2 rings (SSSR count). The Morgan fingerprint density at radius 1 is 1.23 bits per heavy atom. The van der Waals surface area contributed by atoms with E-state index in [1.807, 2.05) is 30.3 Å². The molecule has 1 aliphatic rings. The van der Waals surface area contributed by atoms with Gasteiger partial charge >= 0.3 is 0 Å². The van der Waals surface area contributed by atoms with Gasteiger partial charge in [-0.15, -0.1) is 0 Å². The summed E-state index contributed by atoms with van der Waals surface area (Å²) >= 11 is 6.25. The number of hydrogen-bond donors (Lipinski definition) is 0. The molecule has 0 heterocycles. The first-order valence-electron chi connectivity index (χ1n) is 4.47. The van der Waals surface area contributed by atoms with Gasteiger partial charge in [-0.25, -0.2) is 0 Å². The van der Waals surface area contributed by atoms with E-state index in [4.69, 9.17) is 16.3 Å². The Bertz CT molecular complexity index is 307. The van der Waals surface area contributed by atoms with Gasteiger partial charge in [-0.1, -0.05) is 43.6 Å². The number of hydrogen-bond acceptors (Lipinski definition) is 1. The summed E-state index contributed by atoms with van der Waals surface area (Å²) < 4.78 is 5.69. The van der Waals surface area contributed by atoms with Crippen molar-refractivity contribution in [3.8, 4) is 5.75 Å². The number of alkyl halides is 1. The van der Waals surface area contributed by atoms with Crippen LogP contribution < -0.4 is 4.74 Å². The van der Waals surface area contributed by atoms with Crippen molar-refractivity contribution in [1.82, 2.24) is 0 Å². The Hall–Kier alpha value is -0.690. The number of halogens is 1. The summed E-state index contributed by atoms with van der Waals surface area (Å²) in [5, 5.41) is -0.478. The van der Waals surface area contributed by atoms with Gasteiger partial charge in [0.25, 0.3) is 0 Å². The second-order valence-electron chi connectivity index (χ2n) is 4.20. The van der Waals surface area contributed by atoms with Crippen molar-refractivity contribution < 1.29 is 4.74 Å². The van der Waals surface area contributed by atoms with Crippen LogP contribution in [0.3, 0.4) is 0 Å². The third kappa shape index (κ3) is 1.53. The minimum absolute atomic E-state index is 0.102. The standard InChI is InChI=1S/C11H13ClO/c1-10(2)8-11(10,12)13-9-6-4-3-5-7-9/h3-7H,8H2,1-2H3. The summed E-state index contributed by atoms with van der Waals surface area (Å²) in [6.07, 6.45) is 0.913. The molecule has 70 valence electrons. The van der Waals surface area contributed by atoms with E-state index in [1.165, 1.54) is 0 Å². The third-order valence-corrected chi connectivity index (χ3v) is 3.30. The van der Waals surface area contributed by atoms with Crippen LogP contribution in [0, 0.1) is 5.41 Å². The van der Waals surface area contributed by atoms with Crippen LogP contribution in [-0.2, 0) is 0 Å². The molecule has 0 spiro atoms. The first-order chi connectivity index (χ1) is 6.04. The second-order valence-corrected chi connectivity index (χ2v) is 4.81. The molecule has 0 N–H and O–H groups in total. The van der Waals surface area contributed by atoms with Crippen molar-refractivity contribution in [1.29, 1.82) is 0 Å². The molecule has 1 fully saturated rings. The normalized spacial score (nSPS) is 29.8. The molecule has 0 amide bonds. The molecule has 1 aliphatic carbocycles. The average Bonchev–Trinajstić information content (AvgIpc) is 2.51. The summed E-state index contributed by atoms with van der Waals surface area (Å²) in [7, 11) is 0. The van der Waals surface area contributed by atoms with Gasteiger partial charge in [-0.2, -0.15) is 0 Å². The van der Waals surface area contributed by atoms with Gasteiger partial charge in [-0.3, -0.25) is 0 Å². The first-order valence-corrected chi connectivity index (χ1v) is 4.84. The van der Waals surface area contributed by atoms with E-state index in [2.05, 4.69) is 13.8 Å². The van der Waals surface area contributed by atoms with E-state index in [1.54, 1.807) is 0 Å². The van der Waals surface area contributed by atoms with E-state index < -0.39 is 5.06 Å². The van der Waals surface area contributed by atoms with Crippen molar-refractivity contribution in [2.24, 2.45) is 5.41 Å². The molecule has 1 nitrogen and oxygen atoms in total. The maximum absolute atomic E-state index is 6.25. The van der Waals surface area contributed by atoms with E-state index in [0.717, 1.165) is 12.2 Å². The van der Waals surface area contributed by atoms with Crippen LogP contribution in [0.5, 0.6) is 5.75 Å². The van der Waals surface area contributed by atoms with E-state index in [0.29, 0.717) is 0 Å². The fraction of sp³-hybridized carbons (Fsp3) is 0.455. The Kier molecular flexibility index (Phi) is 1.81. The van der Waals surface area contributed by atoms with Gasteiger partial charge in [0.05, 0.1) is 0 Å². The van der Waals surface area contributed by atoms with Crippen molar-refractivity contribution in [3.63, 3.8) is 0 Å². The van der Waals surface area contributed by atoms with Crippen molar-refractivity contribution in [3.05, 3.63) is 30.3 Å². The molecule has 0 aromatic heterocycles. The molecular formula is C11H13ClO. The summed E-state index contributed by atoms with van der Waals surface area (Å²) in [6.45, 7) is 4.23. The zero-order valence-corrected chi connectivity index (χ0v) is 8.64. The SMILES string of the molecule is CC1(C)CC1(Cl)Oc1ccccc1. The molecular weight excluding hydrogens is 184 g/mol. The topological polar surface area (TPSA) is 9.23 Å². The third-order valence-electron chi connectivity index (χ3n) is 2.58. The Morgan fingerprint density at radius 3 is 2.23 bits per heavy atom. The lowest BCUT2D eigenvalue weighted by atomic mass is 10.2. The molecule has 1 saturated carbocycles. The van der Waals surface area contributed by atoms with Crippen LogP contribution in [0.15, 0.2) is 30.3 Å². The fourth-order valence-electron chi connectivity index (χ4n) is 1.37. The van der Waals surface area contributed by atoms with Crippen LogP contribution in [0.2, 0.25) is 0 Å². The minimum atomic E-state index is -0.478. The number of ether oxygens (including phenoxy) is 1. The van der Waals surface area contributed by atoms with E-state index >= 15 is 0 Å². The highest BCUT2D eigenvalue weighted by atomic mass is 35.5. The van der Waals surface area contributed by atoms with E-state index in [9.17, 15) is 0 Å². The Morgan fingerprint density at radius 2 is 1.77 bits per heavy atom. The smallest absolute Gasteiger partial charge is 0.188 e. The Labute approximate surface area is 83.7 Å². The molecule has 0 bridgehead atoms. The minimum Gasteiger partial charge on any atom is -0.471 e. The van der Waals surface area contributed by atoms with Gasteiger partial charge in [0.1, 0.15) is 5.75 Å². The molecule has 0 saturated heterocycles. The molecule has 2 heteroatoms. The lowest BCUT2D eigenvalue weighted by molar-refractivity contribution is 0.220. The fourth-order valence-corrected chi connectivity index (χ4v) is 1.80. The van der Waals surface area contributed by atoms with Gasteiger partial charge in [0.15, 0.2) is 5.06 Å². The summed E-state index contributed by atoms with van der Waals surface area (Å²) in [5.41, 5.74) is 0.102. The maximum atomic E-state index is 6.25. The highest BCUT2D eigenvalue weighted by molar-refractivity contribution is 6.25. The van der Waals surface area contributed by atoms with Gasteiger partial charge in [0.2, 0.25) is 0 Å². The molecule has 1 aromatic rings. The zero-order valence-electron chi connectivity index (χ0n) is 7.88. The van der Waals surface area contributed by atoms with Gasteiger partial charge in [0, 0.05) is 11.8 Å². The summed E-state index contributed by atoms with van der Waals surface area (Å²) in [6, 6.07) is 9.72. The van der Waals surface area contributed by atoms with Gasteiger partial charge in [-0.05, 0) is 12.1 Å². The van der Waals surface area contributed by atoms with Gasteiger partial charge < -0.3 is 4.74 Å². The van der Waals surface area contributed by atoms with Crippen LogP contribution in [-0.4, -0.2) is 5.06 Å². The van der Waals surface area contributed by atoms with Crippen LogP contribution in [0.4, 0.5) is 0 Å². The van der Waals surface area contributed by atoms with Crippen LogP contribution >= 0.6 is 11.6 Å². The Balaban J connectivity index is 2.09. The summed E-state index contributed by atoms with van der Waals surface area (Å²) in [4.78, 5) is 0. The molecule has 0 aliphatic heterocycles. The average molecular weight is 197 g/mol. The second kappa shape index (κ2) is 2.65. The number of rotatable bonds is 2. The number of benzene rings is 1. The quantitative estimate of drug-likeness (QED) is 0.659. The number of para-hydroxylation sites is 1. The van der Waals surface area contributed by atoms with Crippen molar-refractivity contribution in [2.45, 2.75) is 25.3 Å². The molecule has 1 aromatic carbocycles. The zero-order chi connectivity index (χ0) is 9.53. The van der Waals surface area contributed by atoms with Crippen LogP contribution in [0.25, 0.3) is 0 Å². The molecule has 0 radical (unpaired) electrons. The predicted molar refractivity (Wildman–Crippen MR) is 54.1 cm³/mol. The van der Waals surface area contributed by atoms with Crippen LogP contribution in [0.1, 0.15) is 20.3 Å². The van der Waals surface area contributed by atoms with Crippen molar-refractivity contribution in [2.75, 3.05) is 0 Å². The lowest BCUT2D eigenvalue weighted by Gasteiger charge is -2.15. The van der Waals surface area contributed by atoms with E-state index in [-0.39, 0.29) is 5.41 Å². The summed E-state index contributed by atoms with van der Waals surface area (Å²) in [5.74, 6) is 0.850. The molecule has 1 atom stereocenters. The maximum Gasteiger partial charge on any atom is 0.188 e. The highest BCUT2D eigenvalue weighted by Crippen LogP contribution is 2.60. The largest absolute Gasteiger partial charge is 0.471 e. The lowest BCUT2D eigenvalue weighted by Crippen LogP contribution is -2.16.